The summed E-state index contributed by atoms with van der Waals surface area (Å²) in [5.74, 6) is 0. The first-order valence-electron chi connectivity index (χ1n) is 5.73. The SMILES string of the molecule is Cc1ccc(SC2CCC(N)CC2)cc1.Cl. The number of thioether (sulfide) groups is 1. The molecule has 0 atom stereocenters. The van der Waals surface area contributed by atoms with Crippen LogP contribution < -0.4 is 5.73 Å². The van der Waals surface area contributed by atoms with E-state index in [9.17, 15) is 0 Å². The Hall–Kier alpha value is -0.180. The monoisotopic (exact) mass is 257 g/mol. The minimum atomic E-state index is 0. The first-order valence-corrected chi connectivity index (χ1v) is 6.61. The van der Waals surface area contributed by atoms with Gasteiger partial charge in [-0.25, -0.2) is 0 Å². The van der Waals surface area contributed by atoms with Crippen LogP contribution in [0.4, 0.5) is 0 Å². The summed E-state index contributed by atoms with van der Waals surface area (Å²) in [5.41, 5.74) is 7.24. The lowest BCUT2D eigenvalue weighted by molar-refractivity contribution is 0.451. The van der Waals surface area contributed by atoms with Crippen LogP contribution in [0.15, 0.2) is 29.2 Å². The van der Waals surface area contributed by atoms with Crippen LogP contribution >= 0.6 is 24.2 Å². The molecule has 0 aromatic heterocycles. The average Bonchev–Trinajstić information content (AvgIpc) is 2.25. The van der Waals surface area contributed by atoms with Gasteiger partial charge in [0.15, 0.2) is 0 Å². The van der Waals surface area contributed by atoms with Crippen molar-refractivity contribution in [3.63, 3.8) is 0 Å². The van der Waals surface area contributed by atoms with E-state index in [1.54, 1.807) is 0 Å². The second-order valence-electron chi connectivity index (χ2n) is 4.47. The van der Waals surface area contributed by atoms with Gasteiger partial charge in [0.1, 0.15) is 0 Å². The summed E-state index contributed by atoms with van der Waals surface area (Å²) in [6.45, 7) is 2.13. The van der Waals surface area contributed by atoms with E-state index in [1.807, 2.05) is 11.8 Å². The second-order valence-corrected chi connectivity index (χ2v) is 5.84. The van der Waals surface area contributed by atoms with Crippen LogP contribution in [0.1, 0.15) is 31.2 Å². The lowest BCUT2D eigenvalue weighted by Crippen LogP contribution is -2.27. The first-order chi connectivity index (χ1) is 7.24. The van der Waals surface area contributed by atoms with E-state index in [1.165, 1.54) is 36.1 Å². The van der Waals surface area contributed by atoms with E-state index >= 15 is 0 Å². The van der Waals surface area contributed by atoms with E-state index < -0.39 is 0 Å². The molecule has 2 rings (SSSR count). The van der Waals surface area contributed by atoms with Crippen LogP contribution in [0.3, 0.4) is 0 Å². The zero-order valence-electron chi connectivity index (χ0n) is 9.69. The predicted molar refractivity (Wildman–Crippen MR) is 74.5 cm³/mol. The van der Waals surface area contributed by atoms with Crippen molar-refractivity contribution in [2.24, 2.45) is 5.73 Å². The molecule has 1 aliphatic carbocycles. The van der Waals surface area contributed by atoms with Crippen LogP contribution in [0.2, 0.25) is 0 Å². The summed E-state index contributed by atoms with van der Waals surface area (Å²) in [4.78, 5) is 1.40. The van der Waals surface area contributed by atoms with Crippen molar-refractivity contribution in [2.75, 3.05) is 0 Å². The number of hydrogen-bond donors (Lipinski definition) is 1. The molecule has 1 aromatic carbocycles. The average molecular weight is 258 g/mol. The van der Waals surface area contributed by atoms with Crippen molar-refractivity contribution in [1.82, 2.24) is 0 Å². The summed E-state index contributed by atoms with van der Waals surface area (Å²) in [7, 11) is 0. The first kappa shape index (κ1) is 13.9. The molecule has 0 heterocycles. The molecule has 3 heteroatoms. The maximum absolute atomic E-state index is 5.90. The highest BCUT2D eigenvalue weighted by Gasteiger charge is 2.18. The molecule has 1 aromatic rings. The van der Waals surface area contributed by atoms with Crippen molar-refractivity contribution in [2.45, 2.75) is 48.8 Å². The maximum atomic E-state index is 5.90. The topological polar surface area (TPSA) is 26.0 Å². The van der Waals surface area contributed by atoms with Gasteiger partial charge < -0.3 is 5.73 Å². The highest BCUT2D eigenvalue weighted by molar-refractivity contribution is 8.00. The lowest BCUT2D eigenvalue weighted by Gasteiger charge is -2.25. The minimum Gasteiger partial charge on any atom is -0.328 e. The molecule has 1 fully saturated rings. The van der Waals surface area contributed by atoms with Crippen molar-refractivity contribution < 1.29 is 0 Å². The fraction of sp³-hybridized carbons (Fsp3) is 0.538. The largest absolute Gasteiger partial charge is 0.328 e. The highest BCUT2D eigenvalue weighted by atomic mass is 35.5. The molecule has 0 amide bonds. The van der Waals surface area contributed by atoms with Crippen molar-refractivity contribution >= 4 is 24.2 Å². The second kappa shape index (κ2) is 6.53. The molecular formula is C13H20ClNS. The van der Waals surface area contributed by atoms with Crippen molar-refractivity contribution in [3.05, 3.63) is 29.8 Å². The van der Waals surface area contributed by atoms with Crippen LogP contribution in [-0.2, 0) is 0 Å². The third-order valence-corrected chi connectivity index (χ3v) is 4.39. The molecule has 2 N–H and O–H groups in total. The maximum Gasteiger partial charge on any atom is 0.00955 e. The van der Waals surface area contributed by atoms with Gasteiger partial charge in [0.25, 0.3) is 0 Å². The van der Waals surface area contributed by atoms with Crippen LogP contribution in [0, 0.1) is 6.92 Å². The van der Waals surface area contributed by atoms with Crippen LogP contribution in [-0.4, -0.2) is 11.3 Å². The van der Waals surface area contributed by atoms with Gasteiger partial charge in [-0.3, -0.25) is 0 Å². The Kier molecular flexibility index (Phi) is 5.67. The predicted octanol–water partition coefficient (Wildman–Crippen LogP) is 3.78. The third kappa shape index (κ3) is 4.00. The van der Waals surface area contributed by atoms with Gasteiger partial charge in [0, 0.05) is 16.2 Å². The van der Waals surface area contributed by atoms with Crippen molar-refractivity contribution in [3.8, 4) is 0 Å². The van der Waals surface area contributed by atoms with E-state index in [2.05, 4.69) is 31.2 Å². The zero-order valence-corrected chi connectivity index (χ0v) is 11.3. The molecule has 90 valence electrons. The smallest absolute Gasteiger partial charge is 0.00955 e. The van der Waals surface area contributed by atoms with Crippen LogP contribution in [0.5, 0.6) is 0 Å². The van der Waals surface area contributed by atoms with Gasteiger partial charge in [-0.15, -0.1) is 24.2 Å². The molecular weight excluding hydrogens is 238 g/mol. The number of benzene rings is 1. The Morgan fingerprint density at radius 1 is 1.06 bits per heavy atom. The molecule has 1 nitrogen and oxygen atoms in total. The Balaban J connectivity index is 0.00000128. The van der Waals surface area contributed by atoms with Gasteiger partial charge in [-0.1, -0.05) is 17.7 Å². The van der Waals surface area contributed by atoms with Crippen molar-refractivity contribution in [1.29, 1.82) is 0 Å². The summed E-state index contributed by atoms with van der Waals surface area (Å²) < 4.78 is 0. The summed E-state index contributed by atoms with van der Waals surface area (Å²) >= 11 is 2.02. The minimum absolute atomic E-state index is 0. The molecule has 0 spiro atoms. The molecule has 1 aliphatic rings. The number of halogens is 1. The summed E-state index contributed by atoms with van der Waals surface area (Å²) in [6, 6.07) is 9.30. The molecule has 0 bridgehead atoms. The Morgan fingerprint density at radius 2 is 1.62 bits per heavy atom. The fourth-order valence-corrected chi connectivity index (χ4v) is 3.20. The Bertz CT molecular complexity index is 304. The molecule has 16 heavy (non-hydrogen) atoms. The quantitative estimate of drug-likeness (QED) is 0.873. The van der Waals surface area contributed by atoms with Gasteiger partial charge in [-0.05, 0) is 44.7 Å². The van der Waals surface area contributed by atoms with Gasteiger partial charge >= 0.3 is 0 Å². The van der Waals surface area contributed by atoms with Crippen LogP contribution in [0.25, 0.3) is 0 Å². The third-order valence-electron chi connectivity index (χ3n) is 3.04. The van der Waals surface area contributed by atoms with Gasteiger partial charge in [-0.2, -0.15) is 0 Å². The van der Waals surface area contributed by atoms with E-state index in [0.717, 1.165) is 5.25 Å². The van der Waals surface area contributed by atoms with E-state index in [-0.39, 0.29) is 12.4 Å². The standard InChI is InChI=1S/C13H19NS.ClH/c1-10-2-6-12(7-3-10)15-13-8-4-11(14)5-9-13;/h2-3,6-7,11,13H,4-5,8-9,14H2,1H3;1H. The van der Waals surface area contributed by atoms with Gasteiger partial charge in [0.05, 0.1) is 0 Å². The number of hydrogen-bond acceptors (Lipinski definition) is 2. The fourth-order valence-electron chi connectivity index (χ4n) is 2.02. The molecule has 0 aliphatic heterocycles. The van der Waals surface area contributed by atoms with E-state index in [4.69, 9.17) is 5.73 Å². The number of rotatable bonds is 2. The molecule has 0 radical (unpaired) electrons. The van der Waals surface area contributed by atoms with Gasteiger partial charge in [0.2, 0.25) is 0 Å². The number of aryl methyl sites for hydroxylation is 1. The summed E-state index contributed by atoms with van der Waals surface area (Å²) in [6.07, 6.45) is 4.95. The lowest BCUT2D eigenvalue weighted by atomic mass is 9.96. The number of nitrogens with two attached hydrogens (primary N) is 1. The molecule has 0 saturated heterocycles. The summed E-state index contributed by atoms with van der Waals surface area (Å²) in [5, 5.41) is 0.785. The molecule has 1 saturated carbocycles. The normalized spacial score (nSPS) is 24.9. The Labute approximate surface area is 109 Å². The highest BCUT2D eigenvalue weighted by Crippen LogP contribution is 2.33. The zero-order chi connectivity index (χ0) is 10.7. The molecule has 0 unspecified atom stereocenters. The Morgan fingerprint density at radius 3 is 2.19 bits per heavy atom. The van der Waals surface area contributed by atoms with E-state index in [0.29, 0.717) is 6.04 Å².